The molecule has 5 nitrogen and oxygen atoms in total. The summed E-state index contributed by atoms with van der Waals surface area (Å²) in [4.78, 5) is 1.13. The van der Waals surface area contributed by atoms with Gasteiger partial charge in [-0.05, 0) is 43.7 Å². The second-order valence-corrected chi connectivity index (χ2v) is 7.64. The predicted molar refractivity (Wildman–Crippen MR) is 97.7 cm³/mol. The van der Waals surface area contributed by atoms with Crippen LogP contribution in [-0.2, 0) is 14.2 Å². The van der Waals surface area contributed by atoms with Gasteiger partial charge in [-0.3, -0.25) is 0 Å². The van der Waals surface area contributed by atoms with Crippen molar-refractivity contribution in [3.05, 3.63) is 18.2 Å². The molecule has 1 aromatic carbocycles. The van der Waals surface area contributed by atoms with Gasteiger partial charge in [0.25, 0.3) is 0 Å². The minimum Gasteiger partial charge on any atom is -0.493 e. The van der Waals surface area contributed by atoms with Crippen LogP contribution in [0.3, 0.4) is 0 Å². The molecule has 0 amide bonds. The third kappa shape index (κ3) is 6.37. The molecular formula is C19H28O5S. The van der Waals surface area contributed by atoms with E-state index in [4.69, 9.17) is 23.7 Å². The molecule has 0 N–H and O–H groups in total. The maximum absolute atomic E-state index is 6.08. The smallest absolute Gasteiger partial charge is 0.124 e. The van der Waals surface area contributed by atoms with Gasteiger partial charge in [-0.1, -0.05) is 11.8 Å². The Morgan fingerprint density at radius 3 is 2.52 bits per heavy atom. The zero-order valence-corrected chi connectivity index (χ0v) is 15.7. The molecule has 0 spiro atoms. The van der Waals surface area contributed by atoms with Crippen molar-refractivity contribution in [2.75, 3.05) is 46.8 Å². The molecule has 1 unspecified atom stereocenters. The van der Waals surface area contributed by atoms with Crippen molar-refractivity contribution >= 4 is 11.8 Å². The predicted octanol–water partition coefficient (Wildman–Crippen LogP) is 3.75. The van der Waals surface area contributed by atoms with E-state index in [1.165, 1.54) is 0 Å². The van der Waals surface area contributed by atoms with Crippen LogP contribution in [0, 0.1) is 5.92 Å². The molecule has 0 aliphatic carbocycles. The average molecular weight is 368 g/mol. The van der Waals surface area contributed by atoms with E-state index >= 15 is 0 Å². The Kier molecular flexibility index (Phi) is 7.73. The Morgan fingerprint density at radius 2 is 1.80 bits per heavy atom. The Bertz CT molecular complexity index is 513. The Labute approximate surface area is 154 Å². The minimum absolute atomic E-state index is 0.234. The van der Waals surface area contributed by atoms with Crippen LogP contribution in [0.15, 0.2) is 23.1 Å². The first-order chi connectivity index (χ1) is 12.3. The van der Waals surface area contributed by atoms with Crippen LogP contribution in [0.2, 0.25) is 0 Å². The van der Waals surface area contributed by atoms with E-state index in [1.807, 2.05) is 6.07 Å². The molecule has 2 heterocycles. The van der Waals surface area contributed by atoms with Gasteiger partial charge in [0.2, 0.25) is 0 Å². The van der Waals surface area contributed by atoms with Crippen molar-refractivity contribution in [1.29, 1.82) is 0 Å². The van der Waals surface area contributed by atoms with E-state index in [9.17, 15) is 0 Å². The van der Waals surface area contributed by atoms with Gasteiger partial charge in [-0.2, -0.15) is 0 Å². The lowest BCUT2D eigenvalue weighted by Gasteiger charge is -2.22. The number of hydrogen-bond donors (Lipinski definition) is 0. The van der Waals surface area contributed by atoms with E-state index in [2.05, 4.69) is 12.1 Å². The molecule has 2 fully saturated rings. The first kappa shape index (κ1) is 18.8. The highest BCUT2D eigenvalue weighted by molar-refractivity contribution is 7.99. The van der Waals surface area contributed by atoms with E-state index in [1.54, 1.807) is 18.9 Å². The maximum atomic E-state index is 6.08. The highest BCUT2D eigenvalue weighted by atomic mass is 32.2. The number of methoxy groups -OCH3 is 1. The SMILES string of the molecule is COCCOc1cc(OCC2CCOCC2)cc(SC2CCCO2)c1. The summed E-state index contributed by atoms with van der Waals surface area (Å²) in [6, 6.07) is 6.12. The zero-order valence-electron chi connectivity index (χ0n) is 14.9. The summed E-state index contributed by atoms with van der Waals surface area (Å²) in [6.07, 6.45) is 4.37. The number of hydrogen-bond acceptors (Lipinski definition) is 6. The summed E-state index contributed by atoms with van der Waals surface area (Å²) in [5, 5.41) is 0. The Balaban J connectivity index is 1.62. The summed E-state index contributed by atoms with van der Waals surface area (Å²) in [6.45, 7) is 4.37. The van der Waals surface area contributed by atoms with E-state index in [-0.39, 0.29) is 5.44 Å². The van der Waals surface area contributed by atoms with Crippen molar-refractivity contribution in [1.82, 2.24) is 0 Å². The number of ether oxygens (including phenoxy) is 5. The second kappa shape index (κ2) is 10.3. The fourth-order valence-electron chi connectivity index (χ4n) is 2.94. The van der Waals surface area contributed by atoms with E-state index in [0.717, 1.165) is 68.5 Å². The molecule has 1 aromatic rings. The molecular weight excluding hydrogens is 340 g/mol. The molecule has 2 aliphatic heterocycles. The molecule has 0 aromatic heterocycles. The summed E-state index contributed by atoms with van der Waals surface area (Å²) in [5.41, 5.74) is 0.234. The first-order valence-corrected chi connectivity index (χ1v) is 9.97. The zero-order chi connectivity index (χ0) is 17.3. The number of benzene rings is 1. The quantitative estimate of drug-likeness (QED) is 0.619. The number of thioether (sulfide) groups is 1. The second-order valence-electron chi connectivity index (χ2n) is 6.41. The van der Waals surface area contributed by atoms with E-state index in [0.29, 0.717) is 19.1 Å². The summed E-state index contributed by atoms with van der Waals surface area (Å²) in [5.74, 6) is 2.25. The van der Waals surface area contributed by atoms with Gasteiger partial charge in [0, 0.05) is 37.9 Å². The first-order valence-electron chi connectivity index (χ1n) is 9.09. The molecule has 0 bridgehead atoms. The molecule has 0 radical (unpaired) electrons. The lowest BCUT2D eigenvalue weighted by molar-refractivity contribution is 0.0496. The molecule has 25 heavy (non-hydrogen) atoms. The van der Waals surface area contributed by atoms with Gasteiger partial charge >= 0.3 is 0 Å². The number of rotatable bonds is 9. The lowest BCUT2D eigenvalue weighted by atomic mass is 10.0. The van der Waals surface area contributed by atoms with Gasteiger partial charge in [0.05, 0.1) is 13.2 Å². The van der Waals surface area contributed by atoms with Crippen LogP contribution < -0.4 is 9.47 Å². The van der Waals surface area contributed by atoms with Crippen LogP contribution in [-0.4, -0.2) is 52.2 Å². The Hall–Kier alpha value is -0.950. The highest BCUT2D eigenvalue weighted by Gasteiger charge is 2.18. The van der Waals surface area contributed by atoms with E-state index < -0.39 is 0 Å². The van der Waals surface area contributed by atoms with Crippen molar-refractivity contribution < 1.29 is 23.7 Å². The Morgan fingerprint density at radius 1 is 1.00 bits per heavy atom. The van der Waals surface area contributed by atoms with Gasteiger partial charge in [-0.25, -0.2) is 0 Å². The van der Waals surface area contributed by atoms with Crippen LogP contribution in [0.4, 0.5) is 0 Å². The normalized spacial score (nSPS) is 21.4. The van der Waals surface area contributed by atoms with Gasteiger partial charge in [-0.15, -0.1) is 0 Å². The molecule has 1 atom stereocenters. The molecule has 140 valence electrons. The van der Waals surface area contributed by atoms with Gasteiger partial charge < -0.3 is 23.7 Å². The standard InChI is InChI=1S/C19H28O5S/c1-20-9-10-22-16-11-17(24-14-15-4-7-21-8-5-15)13-18(12-16)25-19-3-2-6-23-19/h11-13,15,19H,2-10,14H2,1H3. The van der Waals surface area contributed by atoms with Crippen molar-refractivity contribution in [3.8, 4) is 11.5 Å². The van der Waals surface area contributed by atoms with Crippen LogP contribution in [0.5, 0.6) is 11.5 Å². The molecule has 3 rings (SSSR count). The van der Waals surface area contributed by atoms with Crippen LogP contribution >= 0.6 is 11.8 Å². The lowest BCUT2D eigenvalue weighted by Crippen LogP contribution is -2.21. The molecule has 2 saturated heterocycles. The molecule has 0 saturated carbocycles. The largest absolute Gasteiger partial charge is 0.493 e. The van der Waals surface area contributed by atoms with Crippen molar-refractivity contribution in [3.63, 3.8) is 0 Å². The van der Waals surface area contributed by atoms with Gasteiger partial charge in [0.15, 0.2) is 0 Å². The summed E-state index contributed by atoms with van der Waals surface area (Å²) in [7, 11) is 1.68. The third-order valence-electron chi connectivity index (χ3n) is 4.39. The molecule has 6 heteroatoms. The van der Waals surface area contributed by atoms with Gasteiger partial charge in [0.1, 0.15) is 23.5 Å². The third-order valence-corrected chi connectivity index (χ3v) is 5.53. The highest BCUT2D eigenvalue weighted by Crippen LogP contribution is 2.35. The average Bonchev–Trinajstić information content (AvgIpc) is 3.14. The van der Waals surface area contributed by atoms with Crippen LogP contribution in [0.1, 0.15) is 25.7 Å². The topological polar surface area (TPSA) is 46.2 Å². The summed E-state index contributed by atoms with van der Waals surface area (Å²) < 4.78 is 28.1. The van der Waals surface area contributed by atoms with Crippen molar-refractivity contribution in [2.45, 2.75) is 36.0 Å². The van der Waals surface area contributed by atoms with Crippen LogP contribution in [0.25, 0.3) is 0 Å². The van der Waals surface area contributed by atoms with Crippen molar-refractivity contribution in [2.24, 2.45) is 5.92 Å². The fraction of sp³-hybridized carbons (Fsp3) is 0.684. The maximum Gasteiger partial charge on any atom is 0.124 e. The fourth-order valence-corrected chi connectivity index (χ4v) is 4.06. The summed E-state index contributed by atoms with van der Waals surface area (Å²) >= 11 is 1.75. The monoisotopic (exact) mass is 368 g/mol. The molecule has 2 aliphatic rings. The minimum atomic E-state index is 0.234.